The Morgan fingerprint density at radius 2 is 1.73 bits per heavy atom. The van der Waals surface area contributed by atoms with Gasteiger partial charge in [-0.2, -0.15) is 0 Å². The molecule has 2 nitrogen and oxygen atoms in total. The number of hydrogen-bond acceptors (Lipinski definition) is 2. The molecule has 0 heterocycles. The Morgan fingerprint density at radius 3 is 1.82 bits per heavy atom. The van der Waals surface area contributed by atoms with Crippen molar-refractivity contribution in [1.82, 2.24) is 10.2 Å². The van der Waals surface area contributed by atoms with Gasteiger partial charge in [-0.3, -0.25) is 0 Å². The molecule has 1 saturated carbocycles. The summed E-state index contributed by atoms with van der Waals surface area (Å²) in [5.74, 6) is 0. The molecule has 1 rings (SSSR count). The summed E-state index contributed by atoms with van der Waals surface area (Å²) in [5, 5.41) is 3.34. The average Bonchev–Trinajstić information content (AvgIpc) is 2.73. The van der Waals surface area contributed by atoms with Gasteiger partial charge in [-0.1, -0.05) is 13.8 Å². The van der Waals surface area contributed by atoms with Crippen LogP contribution in [0.15, 0.2) is 0 Å². The topological polar surface area (TPSA) is 15.3 Å². The second-order valence-electron chi connectivity index (χ2n) is 3.27. The van der Waals surface area contributed by atoms with Crippen molar-refractivity contribution < 1.29 is 0 Å². The normalized spacial score (nSPS) is 19.1. The van der Waals surface area contributed by atoms with Crippen LogP contribution in [0.3, 0.4) is 0 Å². The summed E-state index contributed by atoms with van der Waals surface area (Å²) in [4.78, 5) is 2.24. The minimum absolute atomic E-state index is 0.490. The van der Waals surface area contributed by atoms with Gasteiger partial charge in [0.2, 0.25) is 0 Å². The van der Waals surface area contributed by atoms with Gasteiger partial charge in [-0.15, -0.1) is 0 Å². The zero-order valence-corrected chi connectivity index (χ0v) is 8.57. The summed E-state index contributed by atoms with van der Waals surface area (Å²) in [5.41, 5.74) is 0.490. The van der Waals surface area contributed by atoms with Crippen LogP contribution >= 0.6 is 0 Å². The van der Waals surface area contributed by atoms with Crippen molar-refractivity contribution in [2.75, 3.05) is 27.7 Å². The Kier molecular flexibility index (Phi) is 4.69. The summed E-state index contributed by atoms with van der Waals surface area (Å²) in [6.07, 6.45) is 2.70. The molecule has 0 aromatic carbocycles. The van der Waals surface area contributed by atoms with E-state index in [1.165, 1.54) is 19.4 Å². The third-order valence-electron chi connectivity index (χ3n) is 2.00. The first-order valence-corrected chi connectivity index (χ1v) is 4.52. The Hall–Kier alpha value is -0.0800. The van der Waals surface area contributed by atoms with Crippen molar-refractivity contribution in [1.29, 1.82) is 0 Å². The lowest BCUT2D eigenvalue weighted by Gasteiger charge is -2.18. The van der Waals surface area contributed by atoms with E-state index in [1.807, 2.05) is 13.8 Å². The lowest BCUT2D eigenvalue weighted by atomic mass is 10.3. The van der Waals surface area contributed by atoms with Crippen molar-refractivity contribution in [3.8, 4) is 0 Å². The molecule has 68 valence electrons. The molecule has 1 fully saturated rings. The Labute approximate surface area is 71.0 Å². The van der Waals surface area contributed by atoms with Gasteiger partial charge < -0.3 is 10.2 Å². The van der Waals surface area contributed by atoms with Crippen molar-refractivity contribution in [3.05, 3.63) is 0 Å². The minimum atomic E-state index is 0.490. The molecular weight excluding hydrogens is 136 g/mol. The van der Waals surface area contributed by atoms with Gasteiger partial charge in [0.1, 0.15) is 0 Å². The smallest absolute Gasteiger partial charge is 0.0307 e. The van der Waals surface area contributed by atoms with E-state index in [0.717, 1.165) is 0 Å². The van der Waals surface area contributed by atoms with Gasteiger partial charge >= 0.3 is 0 Å². The molecule has 0 spiro atoms. The van der Waals surface area contributed by atoms with Gasteiger partial charge in [0.15, 0.2) is 0 Å². The molecule has 0 bridgehead atoms. The molecule has 0 atom stereocenters. The molecule has 2 heteroatoms. The van der Waals surface area contributed by atoms with Crippen molar-refractivity contribution in [2.45, 2.75) is 32.2 Å². The fourth-order valence-electron chi connectivity index (χ4n) is 1.24. The van der Waals surface area contributed by atoms with Crippen LogP contribution in [0.4, 0.5) is 0 Å². The molecule has 0 amide bonds. The maximum Gasteiger partial charge on any atom is 0.0307 e. The third-order valence-corrected chi connectivity index (χ3v) is 2.00. The fourth-order valence-corrected chi connectivity index (χ4v) is 1.24. The van der Waals surface area contributed by atoms with E-state index in [4.69, 9.17) is 0 Å². The number of rotatable bonds is 3. The van der Waals surface area contributed by atoms with Crippen LogP contribution in [0.5, 0.6) is 0 Å². The SMILES string of the molecule is CC.CNC1(CN(C)C)CC1. The number of likely N-dealkylation sites (N-methyl/N-ethyl adjacent to an activating group) is 2. The van der Waals surface area contributed by atoms with E-state index in [0.29, 0.717) is 5.54 Å². The van der Waals surface area contributed by atoms with Crippen LogP contribution in [0.25, 0.3) is 0 Å². The highest BCUT2D eigenvalue weighted by Gasteiger charge is 2.40. The van der Waals surface area contributed by atoms with E-state index in [1.54, 1.807) is 0 Å². The van der Waals surface area contributed by atoms with Gasteiger partial charge in [-0.05, 0) is 34.0 Å². The van der Waals surface area contributed by atoms with E-state index >= 15 is 0 Å². The molecule has 1 aliphatic rings. The quantitative estimate of drug-likeness (QED) is 0.666. The predicted molar refractivity (Wildman–Crippen MR) is 50.9 cm³/mol. The lowest BCUT2D eigenvalue weighted by molar-refractivity contribution is 0.336. The van der Waals surface area contributed by atoms with E-state index in [-0.39, 0.29) is 0 Å². The molecule has 0 unspecified atom stereocenters. The van der Waals surface area contributed by atoms with Gasteiger partial charge in [0.05, 0.1) is 0 Å². The van der Waals surface area contributed by atoms with E-state index < -0.39 is 0 Å². The molecule has 0 saturated heterocycles. The van der Waals surface area contributed by atoms with Gasteiger partial charge in [0, 0.05) is 12.1 Å². The third kappa shape index (κ3) is 3.73. The monoisotopic (exact) mass is 158 g/mol. The largest absolute Gasteiger partial charge is 0.313 e. The number of nitrogens with one attached hydrogen (secondary N) is 1. The van der Waals surface area contributed by atoms with Gasteiger partial charge in [0.25, 0.3) is 0 Å². The van der Waals surface area contributed by atoms with E-state index in [2.05, 4.69) is 31.4 Å². The average molecular weight is 158 g/mol. The summed E-state index contributed by atoms with van der Waals surface area (Å²) in [6, 6.07) is 0. The highest BCUT2D eigenvalue weighted by Crippen LogP contribution is 2.34. The highest BCUT2D eigenvalue weighted by molar-refractivity contribution is 5.02. The molecule has 0 aromatic rings. The van der Waals surface area contributed by atoms with Crippen LogP contribution < -0.4 is 5.32 Å². The number of nitrogens with zero attached hydrogens (tertiary/aromatic N) is 1. The van der Waals surface area contributed by atoms with Crippen molar-refractivity contribution in [3.63, 3.8) is 0 Å². The number of hydrogen-bond donors (Lipinski definition) is 1. The first-order valence-electron chi connectivity index (χ1n) is 4.52. The molecule has 1 aliphatic carbocycles. The van der Waals surface area contributed by atoms with Crippen molar-refractivity contribution in [2.24, 2.45) is 0 Å². The first-order chi connectivity index (χ1) is 5.18. The first kappa shape index (κ1) is 10.9. The Morgan fingerprint density at radius 1 is 1.27 bits per heavy atom. The van der Waals surface area contributed by atoms with Crippen LogP contribution in [-0.2, 0) is 0 Å². The summed E-state index contributed by atoms with van der Waals surface area (Å²) < 4.78 is 0. The second-order valence-corrected chi connectivity index (χ2v) is 3.27. The molecule has 0 aliphatic heterocycles. The Balaban J connectivity index is 0.000000461. The second kappa shape index (κ2) is 4.73. The minimum Gasteiger partial charge on any atom is -0.313 e. The standard InChI is InChI=1S/C7H16N2.C2H6/c1-8-7(4-5-7)6-9(2)3;1-2/h8H,4-6H2,1-3H3;1-2H3. The van der Waals surface area contributed by atoms with Gasteiger partial charge in [-0.25, -0.2) is 0 Å². The maximum atomic E-state index is 3.34. The van der Waals surface area contributed by atoms with Crippen molar-refractivity contribution >= 4 is 0 Å². The predicted octanol–water partition coefficient (Wildman–Crippen LogP) is 1.33. The van der Waals surface area contributed by atoms with E-state index in [9.17, 15) is 0 Å². The molecule has 0 aromatic heterocycles. The lowest BCUT2D eigenvalue weighted by Crippen LogP contribution is -2.37. The zero-order valence-electron chi connectivity index (χ0n) is 8.57. The maximum absolute atomic E-state index is 3.34. The van der Waals surface area contributed by atoms with Crippen LogP contribution in [0, 0.1) is 0 Å². The van der Waals surface area contributed by atoms with Crippen LogP contribution in [0.2, 0.25) is 0 Å². The summed E-state index contributed by atoms with van der Waals surface area (Å²) >= 11 is 0. The molecular formula is C9H22N2. The van der Waals surface area contributed by atoms with Crippen LogP contribution in [0.1, 0.15) is 26.7 Å². The fraction of sp³-hybridized carbons (Fsp3) is 1.00. The molecule has 0 radical (unpaired) electrons. The summed E-state index contributed by atoms with van der Waals surface area (Å²) in [6.45, 7) is 5.18. The molecule has 11 heavy (non-hydrogen) atoms. The summed E-state index contributed by atoms with van der Waals surface area (Å²) in [7, 11) is 6.30. The Bertz CT molecular complexity index is 95.7. The highest BCUT2D eigenvalue weighted by atomic mass is 15.1. The molecule has 1 N–H and O–H groups in total. The van der Waals surface area contributed by atoms with Crippen LogP contribution in [-0.4, -0.2) is 38.1 Å². The zero-order chi connectivity index (χ0) is 8.91.